The number of ether oxygens (including phenoxy) is 2. The molecule has 1 saturated carbocycles. The highest BCUT2D eigenvalue weighted by Crippen LogP contribution is 2.35. The van der Waals surface area contributed by atoms with Gasteiger partial charge in [-0.1, -0.05) is 31.9 Å². The van der Waals surface area contributed by atoms with Crippen molar-refractivity contribution >= 4 is 5.97 Å². The average Bonchev–Trinajstić information content (AvgIpc) is 2.48. The van der Waals surface area contributed by atoms with Crippen molar-refractivity contribution in [2.45, 2.75) is 64.4 Å². The van der Waals surface area contributed by atoms with E-state index in [1.54, 1.807) is 0 Å². The average molecular weight is 290 g/mol. The first-order chi connectivity index (χ1) is 10.2. The summed E-state index contributed by atoms with van der Waals surface area (Å²) in [6.45, 7) is 4.43. The Morgan fingerprint density at radius 1 is 1.19 bits per heavy atom. The molecule has 1 aliphatic carbocycles. The Labute approximate surface area is 127 Å². The van der Waals surface area contributed by atoms with Crippen LogP contribution in [0.4, 0.5) is 0 Å². The maximum Gasteiger partial charge on any atom is 0.302 e. The highest BCUT2D eigenvalue weighted by atomic mass is 16.5. The molecule has 3 heteroatoms. The predicted molar refractivity (Wildman–Crippen MR) is 83.6 cm³/mol. The maximum atomic E-state index is 11.2. The minimum absolute atomic E-state index is 0.0307. The Hall–Kier alpha value is -1.51. The molecule has 116 valence electrons. The number of esters is 1. The fourth-order valence-electron chi connectivity index (χ4n) is 2.98. The van der Waals surface area contributed by atoms with Crippen LogP contribution in [0.1, 0.15) is 63.9 Å². The highest BCUT2D eigenvalue weighted by Gasteiger charge is 2.28. The van der Waals surface area contributed by atoms with E-state index in [4.69, 9.17) is 9.47 Å². The molecular formula is C18H26O3. The molecule has 21 heavy (non-hydrogen) atoms. The molecule has 1 fully saturated rings. The first-order valence-electron chi connectivity index (χ1n) is 8.10. The maximum absolute atomic E-state index is 11.2. The molecule has 1 aromatic rings. The topological polar surface area (TPSA) is 35.5 Å². The first-order valence-corrected chi connectivity index (χ1v) is 8.10. The van der Waals surface area contributed by atoms with Gasteiger partial charge in [-0.3, -0.25) is 4.79 Å². The van der Waals surface area contributed by atoms with Crippen LogP contribution in [-0.2, 0) is 9.53 Å². The number of hydrogen-bond donors (Lipinski definition) is 0. The molecule has 1 aliphatic rings. The molecule has 0 amide bonds. The minimum atomic E-state index is -0.175. The van der Waals surface area contributed by atoms with Crippen LogP contribution in [0, 0.1) is 0 Å². The van der Waals surface area contributed by atoms with Gasteiger partial charge in [-0.2, -0.15) is 0 Å². The van der Waals surface area contributed by atoms with E-state index in [2.05, 4.69) is 19.1 Å². The summed E-state index contributed by atoms with van der Waals surface area (Å²) < 4.78 is 11.2. The summed E-state index contributed by atoms with van der Waals surface area (Å²) in [6.07, 6.45) is 6.67. The van der Waals surface area contributed by atoms with E-state index in [0.717, 1.165) is 44.5 Å². The number of unbranched alkanes of at least 4 members (excludes halogenated alkanes) is 1. The van der Waals surface area contributed by atoms with E-state index in [-0.39, 0.29) is 12.1 Å². The third-order valence-corrected chi connectivity index (χ3v) is 4.09. The van der Waals surface area contributed by atoms with Crippen LogP contribution in [0.5, 0.6) is 5.75 Å². The van der Waals surface area contributed by atoms with Crippen LogP contribution in [0.15, 0.2) is 24.3 Å². The molecule has 0 saturated heterocycles. The molecule has 3 nitrogen and oxygen atoms in total. The zero-order valence-electron chi connectivity index (χ0n) is 13.1. The number of benzene rings is 1. The summed E-state index contributed by atoms with van der Waals surface area (Å²) >= 11 is 0. The summed E-state index contributed by atoms with van der Waals surface area (Å²) in [4.78, 5) is 11.2. The van der Waals surface area contributed by atoms with Crippen LogP contribution in [0.3, 0.4) is 0 Å². The van der Waals surface area contributed by atoms with Crippen LogP contribution in [-0.4, -0.2) is 18.7 Å². The Kier molecular flexibility index (Phi) is 6.09. The van der Waals surface area contributed by atoms with Crippen LogP contribution in [0.25, 0.3) is 0 Å². The largest absolute Gasteiger partial charge is 0.494 e. The summed E-state index contributed by atoms with van der Waals surface area (Å²) in [5, 5.41) is 0. The predicted octanol–water partition coefficient (Wildman–Crippen LogP) is 4.45. The molecule has 2 unspecified atom stereocenters. The van der Waals surface area contributed by atoms with Gasteiger partial charge in [0, 0.05) is 12.8 Å². The van der Waals surface area contributed by atoms with Gasteiger partial charge in [-0.15, -0.1) is 0 Å². The molecule has 0 heterocycles. The number of carbonyl (C=O) groups is 1. The van der Waals surface area contributed by atoms with E-state index in [1.807, 2.05) is 12.1 Å². The lowest BCUT2D eigenvalue weighted by molar-refractivity contribution is -0.148. The molecule has 0 spiro atoms. The van der Waals surface area contributed by atoms with Gasteiger partial charge in [0.25, 0.3) is 0 Å². The van der Waals surface area contributed by atoms with Crippen molar-refractivity contribution in [3.8, 4) is 5.75 Å². The fraction of sp³-hybridized carbons (Fsp3) is 0.611. The summed E-state index contributed by atoms with van der Waals surface area (Å²) in [5.74, 6) is 1.07. The first kappa shape index (κ1) is 15.9. The van der Waals surface area contributed by atoms with E-state index in [9.17, 15) is 4.79 Å². The lowest BCUT2D eigenvalue weighted by Crippen LogP contribution is -2.27. The Morgan fingerprint density at radius 2 is 1.90 bits per heavy atom. The standard InChI is InChI=1S/C18H26O3/c1-3-4-13-20-16-11-9-15(10-12-16)17-7-5-6-8-18(17)21-14(2)19/h9-12,17-18H,3-8,13H2,1-2H3. The molecule has 0 radical (unpaired) electrons. The van der Waals surface area contributed by atoms with E-state index >= 15 is 0 Å². The molecule has 2 rings (SSSR count). The number of rotatable bonds is 6. The number of carbonyl (C=O) groups excluding carboxylic acids is 1. The quantitative estimate of drug-likeness (QED) is 0.573. The Morgan fingerprint density at radius 3 is 2.57 bits per heavy atom. The number of hydrogen-bond acceptors (Lipinski definition) is 3. The zero-order chi connectivity index (χ0) is 15.1. The van der Waals surface area contributed by atoms with Crippen molar-refractivity contribution in [1.82, 2.24) is 0 Å². The minimum Gasteiger partial charge on any atom is -0.494 e. The van der Waals surface area contributed by atoms with Gasteiger partial charge in [0.15, 0.2) is 0 Å². The smallest absolute Gasteiger partial charge is 0.302 e. The van der Waals surface area contributed by atoms with E-state index in [0.29, 0.717) is 5.92 Å². The van der Waals surface area contributed by atoms with E-state index in [1.165, 1.54) is 18.9 Å². The van der Waals surface area contributed by atoms with Gasteiger partial charge >= 0.3 is 5.97 Å². The van der Waals surface area contributed by atoms with Crippen molar-refractivity contribution in [3.05, 3.63) is 29.8 Å². The van der Waals surface area contributed by atoms with Crippen molar-refractivity contribution in [2.75, 3.05) is 6.61 Å². The summed E-state index contributed by atoms with van der Waals surface area (Å²) in [5.41, 5.74) is 1.25. The monoisotopic (exact) mass is 290 g/mol. The van der Waals surface area contributed by atoms with Crippen molar-refractivity contribution in [3.63, 3.8) is 0 Å². The van der Waals surface area contributed by atoms with Gasteiger partial charge in [-0.05, 0) is 43.4 Å². The fourth-order valence-corrected chi connectivity index (χ4v) is 2.98. The van der Waals surface area contributed by atoms with Crippen LogP contribution < -0.4 is 4.74 Å². The molecule has 0 bridgehead atoms. The van der Waals surface area contributed by atoms with Crippen molar-refractivity contribution in [2.24, 2.45) is 0 Å². The molecular weight excluding hydrogens is 264 g/mol. The van der Waals surface area contributed by atoms with Gasteiger partial charge in [0.2, 0.25) is 0 Å². The molecule has 0 N–H and O–H groups in total. The van der Waals surface area contributed by atoms with Gasteiger partial charge in [0.1, 0.15) is 11.9 Å². The second-order valence-electron chi connectivity index (χ2n) is 5.81. The molecule has 0 aromatic heterocycles. The zero-order valence-corrected chi connectivity index (χ0v) is 13.1. The molecule has 0 aliphatic heterocycles. The van der Waals surface area contributed by atoms with Crippen LogP contribution >= 0.6 is 0 Å². The molecule has 2 atom stereocenters. The molecule has 1 aromatic carbocycles. The SMILES string of the molecule is CCCCOc1ccc(C2CCCCC2OC(C)=O)cc1. The third-order valence-electron chi connectivity index (χ3n) is 4.09. The van der Waals surface area contributed by atoms with Crippen molar-refractivity contribution in [1.29, 1.82) is 0 Å². The van der Waals surface area contributed by atoms with Gasteiger partial charge < -0.3 is 9.47 Å². The Balaban J connectivity index is 1.99. The lowest BCUT2D eigenvalue weighted by Gasteiger charge is -2.31. The summed E-state index contributed by atoms with van der Waals surface area (Å²) in [7, 11) is 0. The Bertz CT molecular complexity index is 438. The lowest BCUT2D eigenvalue weighted by atomic mass is 9.81. The highest BCUT2D eigenvalue weighted by molar-refractivity contribution is 5.66. The van der Waals surface area contributed by atoms with Crippen molar-refractivity contribution < 1.29 is 14.3 Å². The van der Waals surface area contributed by atoms with Crippen LogP contribution in [0.2, 0.25) is 0 Å². The third kappa shape index (κ3) is 4.76. The van der Waals surface area contributed by atoms with Gasteiger partial charge in [0.05, 0.1) is 6.61 Å². The van der Waals surface area contributed by atoms with E-state index < -0.39 is 0 Å². The van der Waals surface area contributed by atoms with Gasteiger partial charge in [-0.25, -0.2) is 0 Å². The normalized spacial score (nSPS) is 21.8. The summed E-state index contributed by atoms with van der Waals surface area (Å²) in [6, 6.07) is 8.30. The second-order valence-corrected chi connectivity index (χ2v) is 5.81. The second kappa shape index (κ2) is 8.06.